The van der Waals surface area contributed by atoms with Crippen LogP contribution in [0.15, 0.2) is 0 Å². The molecule has 1 saturated carbocycles. The zero-order valence-corrected chi connectivity index (χ0v) is 13.2. The number of hydrogen-bond donors (Lipinski definition) is 3. The van der Waals surface area contributed by atoms with Crippen LogP contribution in [0, 0.1) is 11.3 Å². The number of hydrogen-bond acceptors (Lipinski definition) is 2. The van der Waals surface area contributed by atoms with Gasteiger partial charge in [-0.15, -0.1) is 0 Å². The van der Waals surface area contributed by atoms with E-state index in [9.17, 15) is 14.7 Å². The van der Waals surface area contributed by atoms with Crippen molar-refractivity contribution in [2.24, 2.45) is 11.3 Å². The van der Waals surface area contributed by atoms with Crippen LogP contribution in [-0.2, 0) is 4.79 Å². The number of carboxylic acids is 1. The fourth-order valence-corrected chi connectivity index (χ4v) is 2.53. The largest absolute Gasteiger partial charge is 0.481 e. The van der Waals surface area contributed by atoms with Gasteiger partial charge in [-0.25, -0.2) is 4.79 Å². The summed E-state index contributed by atoms with van der Waals surface area (Å²) in [6.45, 7) is 8.73. The highest BCUT2D eigenvalue weighted by molar-refractivity contribution is 5.79. The first-order valence-electron chi connectivity index (χ1n) is 7.40. The first-order valence-corrected chi connectivity index (χ1v) is 7.40. The Morgan fingerprint density at radius 3 is 2.10 bits per heavy atom. The number of carbonyl (C=O) groups is 2. The number of carbonyl (C=O) groups excluding carboxylic acids is 1. The molecule has 0 aromatic heterocycles. The summed E-state index contributed by atoms with van der Waals surface area (Å²) in [5, 5.41) is 15.0. The molecule has 0 bridgehead atoms. The zero-order chi connectivity index (χ0) is 15.6. The second kappa shape index (κ2) is 6.02. The highest BCUT2D eigenvalue weighted by Crippen LogP contribution is 2.31. The van der Waals surface area contributed by atoms with Crippen LogP contribution in [0.2, 0.25) is 0 Å². The minimum absolute atomic E-state index is 0.126. The molecule has 1 aliphatic rings. The number of carboxylic acid groups (broad SMARTS) is 1. The Labute approximate surface area is 121 Å². The molecule has 5 nitrogen and oxygen atoms in total. The lowest BCUT2D eigenvalue weighted by atomic mass is 9.74. The predicted molar refractivity (Wildman–Crippen MR) is 78.6 cm³/mol. The standard InChI is InChI=1S/C15H28N2O3/c1-10(11-8-6-7-9-11)16-13(20)17-15(4,5)14(2,3)12(18)19/h10-11H,6-9H2,1-5H3,(H,18,19)(H2,16,17,20). The molecular weight excluding hydrogens is 256 g/mol. The molecule has 0 aromatic carbocycles. The predicted octanol–water partition coefficient (Wildman–Crippen LogP) is 2.75. The lowest BCUT2D eigenvalue weighted by Gasteiger charge is -2.39. The van der Waals surface area contributed by atoms with Crippen LogP contribution in [0.4, 0.5) is 4.79 Å². The summed E-state index contributed by atoms with van der Waals surface area (Å²) in [6, 6.07) is -0.162. The minimum atomic E-state index is -1.04. The average Bonchev–Trinajstić information content (AvgIpc) is 2.80. The third-order valence-corrected chi connectivity index (χ3v) is 4.99. The number of amides is 2. The molecule has 0 aromatic rings. The van der Waals surface area contributed by atoms with E-state index >= 15 is 0 Å². The van der Waals surface area contributed by atoms with Gasteiger partial charge in [0, 0.05) is 6.04 Å². The molecule has 2 amide bonds. The monoisotopic (exact) mass is 284 g/mol. The molecule has 1 rings (SSSR count). The number of nitrogens with one attached hydrogen (secondary N) is 2. The first-order chi connectivity index (χ1) is 9.08. The Balaban J connectivity index is 2.58. The van der Waals surface area contributed by atoms with Crippen LogP contribution in [0.3, 0.4) is 0 Å². The van der Waals surface area contributed by atoms with Crippen molar-refractivity contribution in [2.75, 3.05) is 0 Å². The van der Waals surface area contributed by atoms with Crippen LogP contribution in [0.1, 0.15) is 60.3 Å². The highest BCUT2D eigenvalue weighted by Gasteiger charge is 2.44. The molecule has 0 heterocycles. The molecule has 1 fully saturated rings. The van der Waals surface area contributed by atoms with E-state index in [4.69, 9.17) is 0 Å². The van der Waals surface area contributed by atoms with Crippen LogP contribution >= 0.6 is 0 Å². The van der Waals surface area contributed by atoms with E-state index in [2.05, 4.69) is 10.6 Å². The Morgan fingerprint density at radius 1 is 1.15 bits per heavy atom. The normalized spacial score (nSPS) is 18.6. The van der Waals surface area contributed by atoms with E-state index < -0.39 is 16.9 Å². The van der Waals surface area contributed by atoms with Gasteiger partial charge in [-0.2, -0.15) is 0 Å². The summed E-state index contributed by atoms with van der Waals surface area (Å²) < 4.78 is 0. The maximum Gasteiger partial charge on any atom is 0.315 e. The van der Waals surface area contributed by atoms with Gasteiger partial charge in [0.15, 0.2) is 0 Å². The van der Waals surface area contributed by atoms with E-state index in [0.717, 1.165) is 12.8 Å². The van der Waals surface area contributed by atoms with Crippen LogP contribution < -0.4 is 10.6 Å². The lowest BCUT2D eigenvalue weighted by Crippen LogP contribution is -2.60. The average molecular weight is 284 g/mol. The van der Waals surface area contributed by atoms with Gasteiger partial charge >= 0.3 is 12.0 Å². The molecule has 3 N–H and O–H groups in total. The van der Waals surface area contributed by atoms with Crippen molar-refractivity contribution in [3.63, 3.8) is 0 Å². The maximum atomic E-state index is 12.1. The van der Waals surface area contributed by atoms with Gasteiger partial charge < -0.3 is 15.7 Å². The van der Waals surface area contributed by atoms with Crippen molar-refractivity contribution in [3.05, 3.63) is 0 Å². The summed E-state index contributed by atoms with van der Waals surface area (Å²) >= 11 is 0. The summed E-state index contributed by atoms with van der Waals surface area (Å²) in [4.78, 5) is 23.4. The summed E-state index contributed by atoms with van der Waals surface area (Å²) in [7, 11) is 0. The number of urea groups is 1. The molecule has 0 aliphatic heterocycles. The molecule has 0 spiro atoms. The van der Waals surface area contributed by atoms with Gasteiger partial charge in [0.1, 0.15) is 0 Å². The van der Waals surface area contributed by atoms with Gasteiger partial charge in [-0.1, -0.05) is 12.8 Å². The van der Waals surface area contributed by atoms with Crippen molar-refractivity contribution < 1.29 is 14.7 Å². The van der Waals surface area contributed by atoms with Gasteiger partial charge in [0.25, 0.3) is 0 Å². The van der Waals surface area contributed by atoms with Crippen LogP contribution in [-0.4, -0.2) is 28.7 Å². The SMILES string of the molecule is CC(NC(=O)NC(C)(C)C(C)(C)C(=O)O)C1CCCC1. The molecular formula is C15H28N2O3. The molecule has 1 unspecified atom stereocenters. The minimum Gasteiger partial charge on any atom is -0.481 e. The fraction of sp³-hybridized carbons (Fsp3) is 0.867. The van der Waals surface area contributed by atoms with Crippen molar-refractivity contribution in [2.45, 2.75) is 71.9 Å². The lowest BCUT2D eigenvalue weighted by molar-refractivity contribution is -0.150. The zero-order valence-electron chi connectivity index (χ0n) is 13.2. The molecule has 1 aliphatic carbocycles. The smallest absolute Gasteiger partial charge is 0.315 e. The summed E-state index contributed by atoms with van der Waals surface area (Å²) in [5.41, 5.74) is -1.88. The maximum absolute atomic E-state index is 12.1. The Hall–Kier alpha value is -1.26. The molecule has 5 heteroatoms. The van der Waals surface area contributed by atoms with Gasteiger partial charge in [-0.3, -0.25) is 4.79 Å². The van der Waals surface area contributed by atoms with Gasteiger partial charge in [0.05, 0.1) is 11.0 Å². The third-order valence-electron chi connectivity index (χ3n) is 4.99. The number of aliphatic carboxylic acids is 1. The summed E-state index contributed by atoms with van der Waals surface area (Å²) in [5.74, 6) is -0.386. The Kier molecular flexibility index (Phi) is 5.05. The first kappa shape index (κ1) is 16.8. The van der Waals surface area contributed by atoms with Gasteiger partial charge in [-0.05, 0) is 53.4 Å². The van der Waals surface area contributed by atoms with Gasteiger partial charge in [0.2, 0.25) is 0 Å². The van der Waals surface area contributed by atoms with Crippen molar-refractivity contribution in [3.8, 4) is 0 Å². The van der Waals surface area contributed by atoms with Crippen molar-refractivity contribution in [1.82, 2.24) is 10.6 Å². The van der Waals surface area contributed by atoms with Crippen LogP contribution in [0.5, 0.6) is 0 Å². The van der Waals surface area contributed by atoms with E-state index in [0.29, 0.717) is 5.92 Å². The molecule has 0 saturated heterocycles. The second-order valence-electron chi connectivity index (χ2n) is 6.99. The topological polar surface area (TPSA) is 78.4 Å². The fourth-order valence-electron chi connectivity index (χ4n) is 2.53. The molecule has 20 heavy (non-hydrogen) atoms. The Bertz CT molecular complexity index is 371. The molecule has 1 atom stereocenters. The summed E-state index contributed by atoms with van der Waals surface area (Å²) in [6.07, 6.45) is 4.78. The Morgan fingerprint density at radius 2 is 1.65 bits per heavy atom. The third kappa shape index (κ3) is 3.64. The van der Waals surface area contributed by atoms with E-state index in [-0.39, 0.29) is 12.1 Å². The van der Waals surface area contributed by atoms with Crippen molar-refractivity contribution in [1.29, 1.82) is 0 Å². The molecule has 116 valence electrons. The second-order valence-corrected chi connectivity index (χ2v) is 6.99. The van der Waals surface area contributed by atoms with Crippen molar-refractivity contribution >= 4 is 12.0 Å². The highest BCUT2D eigenvalue weighted by atomic mass is 16.4. The number of rotatable bonds is 5. The van der Waals surface area contributed by atoms with Crippen LogP contribution in [0.25, 0.3) is 0 Å². The molecule has 0 radical (unpaired) electrons. The van der Waals surface area contributed by atoms with E-state index in [1.165, 1.54) is 12.8 Å². The van der Waals surface area contributed by atoms with E-state index in [1.807, 2.05) is 6.92 Å². The quantitative estimate of drug-likeness (QED) is 0.726. The van der Waals surface area contributed by atoms with E-state index in [1.54, 1.807) is 27.7 Å².